The van der Waals surface area contributed by atoms with Crippen molar-refractivity contribution < 1.29 is 14.5 Å². The number of benzene rings is 1. The van der Waals surface area contributed by atoms with Gasteiger partial charge in [0.15, 0.2) is 5.92 Å². The summed E-state index contributed by atoms with van der Waals surface area (Å²) >= 11 is 2.94. The van der Waals surface area contributed by atoms with Gasteiger partial charge < -0.3 is 9.72 Å². The Labute approximate surface area is 117 Å². The number of nitro groups is 1. The van der Waals surface area contributed by atoms with Crippen LogP contribution in [0.4, 0.5) is 0 Å². The Morgan fingerprint density at radius 1 is 1.47 bits per heavy atom. The van der Waals surface area contributed by atoms with Crippen molar-refractivity contribution in [1.29, 1.82) is 0 Å². The number of rotatable bonds is 4. The number of H-pyrrole nitrogens is 1. The predicted molar refractivity (Wildman–Crippen MR) is 72.8 cm³/mol. The minimum Gasteiger partial charge on any atom is -0.468 e. The molecule has 0 radical (unpaired) electrons. The van der Waals surface area contributed by atoms with Crippen LogP contribution in [0.15, 0.2) is 30.5 Å². The summed E-state index contributed by atoms with van der Waals surface area (Å²) in [5.74, 6) is -1.65. The maximum atomic E-state index is 11.8. The van der Waals surface area contributed by atoms with Crippen LogP contribution in [-0.4, -0.2) is 27.9 Å². The number of fused-ring (bicyclic) bond motifs is 1. The molecule has 0 aliphatic rings. The van der Waals surface area contributed by atoms with Gasteiger partial charge in [-0.15, -0.1) is 0 Å². The molecule has 2 atom stereocenters. The Bertz CT molecular complexity index is 625. The summed E-state index contributed by atoms with van der Waals surface area (Å²) < 4.78 is 4.67. The van der Waals surface area contributed by atoms with Crippen molar-refractivity contribution in [2.45, 2.75) is 10.9 Å². The smallest absolute Gasteiger partial charge is 0.321 e. The maximum Gasteiger partial charge on any atom is 0.321 e. The molecule has 0 saturated heterocycles. The highest BCUT2D eigenvalue weighted by molar-refractivity contribution is 9.09. The highest BCUT2D eigenvalue weighted by Crippen LogP contribution is 2.32. The highest BCUT2D eigenvalue weighted by Gasteiger charge is 2.38. The fourth-order valence-electron chi connectivity index (χ4n) is 1.99. The number of esters is 1. The molecule has 6 nitrogen and oxygen atoms in total. The fraction of sp³-hybridized carbons (Fsp3) is 0.250. The number of alkyl halides is 1. The summed E-state index contributed by atoms with van der Waals surface area (Å²) in [5, 5.41) is 11.7. The highest BCUT2D eigenvalue weighted by atomic mass is 79.9. The molecule has 19 heavy (non-hydrogen) atoms. The first kappa shape index (κ1) is 13.5. The van der Waals surface area contributed by atoms with E-state index in [4.69, 9.17) is 0 Å². The lowest BCUT2D eigenvalue weighted by atomic mass is 9.98. The van der Waals surface area contributed by atoms with Crippen LogP contribution < -0.4 is 0 Å². The van der Waals surface area contributed by atoms with Gasteiger partial charge in [-0.05, 0) is 27.6 Å². The fourth-order valence-corrected chi connectivity index (χ4v) is 2.49. The Kier molecular flexibility index (Phi) is 3.84. The van der Waals surface area contributed by atoms with E-state index >= 15 is 0 Å². The number of para-hydroxylation sites is 1. The average molecular weight is 327 g/mol. The largest absolute Gasteiger partial charge is 0.468 e. The maximum absolute atomic E-state index is 11.8. The Morgan fingerprint density at radius 2 is 2.16 bits per heavy atom. The monoisotopic (exact) mass is 326 g/mol. The molecule has 2 unspecified atom stereocenters. The van der Waals surface area contributed by atoms with Crippen LogP contribution in [0, 0.1) is 10.1 Å². The van der Waals surface area contributed by atoms with Gasteiger partial charge >= 0.3 is 5.97 Å². The van der Waals surface area contributed by atoms with Crippen LogP contribution in [0.5, 0.6) is 0 Å². The molecule has 1 aromatic heterocycles. The minimum atomic E-state index is -1.24. The van der Waals surface area contributed by atoms with Crippen LogP contribution in [0.25, 0.3) is 10.9 Å². The van der Waals surface area contributed by atoms with E-state index in [1.807, 2.05) is 18.2 Å². The number of carbonyl (C=O) groups excluding carboxylic acids is 1. The van der Waals surface area contributed by atoms with Crippen molar-refractivity contribution in [3.8, 4) is 0 Å². The third-order valence-electron chi connectivity index (χ3n) is 2.89. The first-order valence-electron chi connectivity index (χ1n) is 5.47. The second kappa shape index (κ2) is 5.40. The van der Waals surface area contributed by atoms with E-state index < -0.39 is 21.8 Å². The van der Waals surface area contributed by atoms with E-state index in [-0.39, 0.29) is 0 Å². The van der Waals surface area contributed by atoms with Gasteiger partial charge in [-0.1, -0.05) is 18.2 Å². The van der Waals surface area contributed by atoms with Crippen molar-refractivity contribution in [2.24, 2.45) is 0 Å². The minimum absolute atomic E-state index is 0.543. The molecule has 0 saturated carbocycles. The number of nitrogens with zero attached hydrogens (tertiary/aromatic N) is 1. The van der Waals surface area contributed by atoms with E-state index in [1.165, 1.54) is 7.11 Å². The quantitative estimate of drug-likeness (QED) is 0.307. The summed E-state index contributed by atoms with van der Waals surface area (Å²) in [7, 11) is 1.21. The van der Waals surface area contributed by atoms with Crippen LogP contribution in [0.1, 0.15) is 11.5 Å². The van der Waals surface area contributed by atoms with Crippen molar-refractivity contribution in [3.63, 3.8) is 0 Å². The third kappa shape index (κ3) is 2.46. The molecule has 2 rings (SSSR count). The van der Waals surface area contributed by atoms with Crippen LogP contribution in [-0.2, 0) is 9.53 Å². The number of nitrogens with one attached hydrogen (secondary N) is 1. The summed E-state index contributed by atoms with van der Waals surface area (Å²) in [6.07, 6.45) is 1.60. The lowest BCUT2D eigenvalue weighted by Gasteiger charge is -2.14. The normalized spacial score (nSPS) is 14.0. The number of ether oxygens (including phenoxy) is 1. The Morgan fingerprint density at radius 3 is 2.79 bits per heavy atom. The van der Waals surface area contributed by atoms with E-state index in [0.717, 1.165) is 10.9 Å². The Balaban J connectivity index is 2.54. The zero-order valence-corrected chi connectivity index (χ0v) is 11.6. The van der Waals surface area contributed by atoms with Gasteiger partial charge in [0.1, 0.15) is 0 Å². The van der Waals surface area contributed by atoms with Gasteiger partial charge in [-0.2, -0.15) is 0 Å². The predicted octanol–water partition coefficient (Wildman–Crippen LogP) is 2.42. The van der Waals surface area contributed by atoms with Crippen LogP contribution in [0.3, 0.4) is 0 Å². The number of hydrogen-bond donors (Lipinski definition) is 1. The molecule has 0 bridgehead atoms. The molecule has 2 aromatic rings. The number of aromatic nitrogens is 1. The van der Waals surface area contributed by atoms with Crippen molar-refractivity contribution in [1.82, 2.24) is 4.98 Å². The summed E-state index contributed by atoms with van der Waals surface area (Å²) in [5.41, 5.74) is 1.36. The molecule has 0 fully saturated rings. The van der Waals surface area contributed by atoms with Crippen molar-refractivity contribution >= 4 is 32.8 Å². The first-order chi connectivity index (χ1) is 9.06. The van der Waals surface area contributed by atoms with E-state index in [9.17, 15) is 14.9 Å². The summed E-state index contributed by atoms with van der Waals surface area (Å²) in [6.45, 7) is 0. The topological polar surface area (TPSA) is 85.2 Å². The van der Waals surface area contributed by atoms with Gasteiger partial charge in [0.25, 0.3) is 4.95 Å². The van der Waals surface area contributed by atoms with Gasteiger partial charge in [-0.25, -0.2) is 0 Å². The number of hydrogen-bond acceptors (Lipinski definition) is 4. The molecule has 0 aliphatic carbocycles. The van der Waals surface area contributed by atoms with E-state index in [2.05, 4.69) is 25.7 Å². The number of carbonyl (C=O) groups is 1. The second-order valence-corrected chi connectivity index (χ2v) is 4.89. The van der Waals surface area contributed by atoms with Gasteiger partial charge in [0, 0.05) is 22.0 Å². The average Bonchev–Trinajstić information content (AvgIpc) is 2.82. The number of methoxy groups -OCH3 is 1. The zero-order chi connectivity index (χ0) is 14.0. The van der Waals surface area contributed by atoms with Crippen LogP contribution in [0.2, 0.25) is 0 Å². The summed E-state index contributed by atoms with van der Waals surface area (Å²) in [6, 6.07) is 7.29. The Hall–Kier alpha value is -1.89. The number of halogens is 1. The van der Waals surface area contributed by atoms with Gasteiger partial charge in [0.05, 0.1) is 7.11 Å². The molecule has 0 aliphatic heterocycles. The number of aromatic amines is 1. The van der Waals surface area contributed by atoms with Gasteiger partial charge in [0.2, 0.25) is 0 Å². The molecule has 1 N–H and O–H groups in total. The summed E-state index contributed by atoms with van der Waals surface area (Å²) in [4.78, 5) is 24.0. The molecule has 1 heterocycles. The van der Waals surface area contributed by atoms with E-state index in [1.54, 1.807) is 12.3 Å². The van der Waals surface area contributed by atoms with E-state index in [0.29, 0.717) is 5.56 Å². The molecular weight excluding hydrogens is 316 g/mol. The molecule has 0 amide bonds. The zero-order valence-electron chi connectivity index (χ0n) is 10.00. The molecule has 1 aromatic carbocycles. The standard InChI is InChI=1S/C12H11BrN2O4/c1-19-12(16)10(11(13)15(17)18)8-6-14-9-5-3-2-4-7(8)9/h2-6,10-11,14H,1H3. The molecule has 7 heteroatoms. The molecule has 0 spiro atoms. The molecular formula is C12H11BrN2O4. The lowest BCUT2D eigenvalue weighted by Crippen LogP contribution is -2.28. The molecule has 100 valence electrons. The van der Waals surface area contributed by atoms with Crippen molar-refractivity contribution in [3.05, 3.63) is 46.1 Å². The van der Waals surface area contributed by atoms with Gasteiger partial charge in [-0.3, -0.25) is 14.9 Å². The second-order valence-electron chi connectivity index (χ2n) is 3.95. The van der Waals surface area contributed by atoms with Crippen molar-refractivity contribution in [2.75, 3.05) is 7.11 Å². The van der Waals surface area contributed by atoms with Crippen LogP contribution >= 0.6 is 15.9 Å². The third-order valence-corrected chi connectivity index (χ3v) is 3.75. The first-order valence-corrected chi connectivity index (χ1v) is 6.39. The lowest BCUT2D eigenvalue weighted by molar-refractivity contribution is -0.494. The SMILES string of the molecule is COC(=O)C(c1c[nH]c2ccccc12)C(Br)[N+](=O)[O-].